The van der Waals surface area contributed by atoms with E-state index in [1.54, 1.807) is 25.4 Å². The summed E-state index contributed by atoms with van der Waals surface area (Å²) in [4.78, 5) is 22.9. The molecule has 0 saturated heterocycles. The molecule has 0 aromatic carbocycles. The normalized spacial score (nSPS) is 18.8. The standard InChI is InChI=1S/C26H35N5O3/c1-17(2)16-31(21-6-8-22(34-4)9-7-21)26-23(30-24-10-5-19(13-27)14-28-24)12-20(15-29-26)18(3)11-25(32)33/h5,10,12,14-15,17-18,21-22H,6-9,11,16H2,1-4H3,(H,28,30)(H,32,33)/t18-,21-,22+/m1/s1. The van der Waals surface area contributed by atoms with Gasteiger partial charge in [0, 0.05) is 32.1 Å². The number of aromatic nitrogens is 2. The maximum atomic E-state index is 11.3. The van der Waals surface area contributed by atoms with E-state index in [4.69, 9.17) is 15.0 Å². The summed E-state index contributed by atoms with van der Waals surface area (Å²) < 4.78 is 5.58. The summed E-state index contributed by atoms with van der Waals surface area (Å²) >= 11 is 0. The number of anilines is 3. The fraction of sp³-hybridized carbons (Fsp3) is 0.538. The third-order valence-electron chi connectivity index (χ3n) is 6.34. The monoisotopic (exact) mass is 465 g/mol. The Balaban J connectivity index is 1.99. The molecule has 1 aliphatic carbocycles. The van der Waals surface area contributed by atoms with Crippen molar-refractivity contribution in [2.24, 2.45) is 5.92 Å². The molecular formula is C26H35N5O3. The number of rotatable bonds is 10. The maximum absolute atomic E-state index is 11.3. The van der Waals surface area contributed by atoms with E-state index in [0.717, 1.165) is 49.3 Å². The largest absolute Gasteiger partial charge is 0.481 e. The second-order valence-corrected chi connectivity index (χ2v) is 9.52. The Morgan fingerprint density at radius 3 is 2.53 bits per heavy atom. The smallest absolute Gasteiger partial charge is 0.303 e. The van der Waals surface area contributed by atoms with E-state index in [1.807, 2.05) is 13.0 Å². The van der Waals surface area contributed by atoms with Crippen molar-refractivity contribution in [1.82, 2.24) is 9.97 Å². The number of hydrogen-bond acceptors (Lipinski definition) is 7. The quantitative estimate of drug-likeness (QED) is 0.499. The lowest BCUT2D eigenvalue weighted by Crippen LogP contribution is -2.42. The molecule has 0 amide bonds. The Labute approximate surface area is 202 Å². The first kappa shape index (κ1) is 25.4. The number of pyridine rings is 2. The number of nitrogens with zero attached hydrogens (tertiary/aromatic N) is 4. The second kappa shape index (κ2) is 11.8. The average molecular weight is 466 g/mol. The summed E-state index contributed by atoms with van der Waals surface area (Å²) in [6, 6.07) is 7.91. The van der Waals surface area contributed by atoms with E-state index in [-0.39, 0.29) is 12.3 Å². The van der Waals surface area contributed by atoms with Crippen LogP contribution in [0.5, 0.6) is 0 Å². The first-order chi connectivity index (χ1) is 16.3. The number of carbonyl (C=O) groups is 1. The van der Waals surface area contributed by atoms with Gasteiger partial charge in [-0.1, -0.05) is 20.8 Å². The molecule has 1 fully saturated rings. The van der Waals surface area contributed by atoms with Crippen molar-refractivity contribution in [2.45, 2.75) is 70.9 Å². The van der Waals surface area contributed by atoms with Crippen molar-refractivity contribution in [3.63, 3.8) is 0 Å². The second-order valence-electron chi connectivity index (χ2n) is 9.52. The summed E-state index contributed by atoms with van der Waals surface area (Å²) in [5, 5.41) is 21.7. The number of carboxylic acids is 1. The predicted octanol–water partition coefficient (Wildman–Crippen LogP) is 5.09. The van der Waals surface area contributed by atoms with Gasteiger partial charge in [0.2, 0.25) is 0 Å². The molecule has 2 aromatic heterocycles. The van der Waals surface area contributed by atoms with Crippen LogP contribution in [0.15, 0.2) is 30.6 Å². The van der Waals surface area contributed by atoms with Crippen LogP contribution in [0.2, 0.25) is 0 Å². The van der Waals surface area contributed by atoms with Crippen LogP contribution < -0.4 is 10.2 Å². The molecule has 2 heterocycles. The maximum Gasteiger partial charge on any atom is 0.303 e. The molecule has 1 atom stereocenters. The van der Waals surface area contributed by atoms with Gasteiger partial charge >= 0.3 is 5.97 Å². The van der Waals surface area contributed by atoms with E-state index in [9.17, 15) is 9.90 Å². The Kier molecular flexibility index (Phi) is 8.83. The molecule has 1 saturated carbocycles. The molecule has 2 N–H and O–H groups in total. The fourth-order valence-electron chi connectivity index (χ4n) is 4.51. The molecule has 8 heteroatoms. The Bertz CT molecular complexity index is 994. The highest BCUT2D eigenvalue weighted by Gasteiger charge is 2.29. The third-order valence-corrected chi connectivity index (χ3v) is 6.34. The first-order valence-electron chi connectivity index (χ1n) is 11.9. The van der Waals surface area contributed by atoms with Crippen molar-refractivity contribution < 1.29 is 14.6 Å². The van der Waals surface area contributed by atoms with Crippen LogP contribution in [0.25, 0.3) is 0 Å². The van der Waals surface area contributed by atoms with Gasteiger partial charge in [0.15, 0.2) is 5.82 Å². The van der Waals surface area contributed by atoms with Gasteiger partial charge in [0.1, 0.15) is 11.9 Å². The highest BCUT2D eigenvalue weighted by atomic mass is 16.5. The Morgan fingerprint density at radius 2 is 1.97 bits per heavy atom. The minimum Gasteiger partial charge on any atom is -0.481 e. The lowest BCUT2D eigenvalue weighted by Gasteiger charge is -2.39. The minimum atomic E-state index is -0.837. The SMILES string of the molecule is CO[C@H]1CC[C@@H](N(CC(C)C)c2ncc([C@H](C)CC(=O)O)cc2Nc2ccc(C#N)cn2)CC1. The summed E-state index contributed by atoms with van der Waals surface area (Å²) in [5.74, 6) is 0.874. The minimum absolute atomic E-state index is 0.0341. The zero-order valence-electron chi connectivity index (χ0n) is 20.5. The van der Waals surface area contributed by atoms with Crippen molar-refractivity contribution >= 4 is 23.3 Å². The van der Waals surface area contributed by atoms with E-state index in [1.165, 1.54) is 6.20 Å². The van der Waals surface area contributed by atoms with Gasteiger partial charge in [-0.15, -0.1) is 0 Å². The van der Waals surface area contributed by atoms with Gasteiger partial charge < -0.3 is 20.1 Å². The number of ether oxygens (including phenoxy) is 1. The highest BCUT2D eigenvalue weighted by Crippen LogP contribution is 2.35. The topological polar surface area (TPSA) is 111 Å². The Morgan fingerprint density at radius 1 is 1.24 bits per heavy atom. The number of hydrogen-bond donors (Lipinski definition) is 2. The molecule has 34 heavy (non-hydrogen) atoms. The number of methoxy groups -OCH3 is 1. The van der Waals surface area contributed by atoms with E-state index in [2.05, 4.69) is 35.1 Å². The van der Waals surface area contributed by atoms with Crippen LogP contribution in [0.3, 0.4) is 0 Å². The number of nitriles is 1. The van der Waals surface area contributed by atoms with E-state index < -0.39 is 5.97 Å². The highest BCUT2D eigenvalue weighted by molar-refractivity contribution is 5.73. The molecule has 8 nitrogen and oxygen atoms in total. The van der Waals surface area contributed by atoms with Gasteiger partial charge in [-0.05, 0) is 61.3 Å². The van der Waals surface area contributed by atoms with Gasteiger partial charge in [0.05, 0.1) is 23.8 Å². The lowest BCUT2D eigenvalue weighted by molar-refractivity contribution is -0.137. The van der Waals surface area contributed by atoms with Crippen molar-refractivity contribution in [3.05, 3.63) is 41.7 Å². The van der Waals surface area contributed by atoms with E-state index >= 15 is 0 Å². The van der Waals surface area contributed by atoms with Gasteiger partial charge in [-0.25, -0.2) is 9.97 Å². The van der Waals surface area contributed by atoms with Crippen LogP contribution in [-0.2, 0) is 9.53 Å². The molecule has 1 aliphatic rings. The molecule has 3 rings (SSSR count). The summed E-state index contributed by atoms with van der Waals surface area (Å²) in [7, 11) is 1.78. The van der Waals surface area contributed by atoms with E-state index in [0.29, 0.717) is 29.4 Å². The molecule has 182 valence electrons. The first-order valence-corrected chi connectivity index (χ1v) is 11.9. The third kappa shape index (κ3) is 6.67. The summed E-state index contributed by atoms with van der Waals surface area (Å²) in [6.07, 6.45) is 7.76. The van der Waals surface area contributed by atoms with Crippen LogP contribution in [-0.4, -0.2) is 46.8 Å². The van der Waals surface area contributed by atoms with Gasteiger partial charge in [-0.3, -0.25) is 4.79 Å². The van der Waals surface area contributed by atoms with Gasteiger partial charge in [0.25, 0.3) is 0 Å². The number of nitrogens with one attached hydrogen (secondary N) is 1. The van der Waals surface area contributed by atoms with Gasteiger partial charge in [-0.2, -0.15) is 5.26 Å². The molecular weight excluding hydrogens is 430 g/mol. The molecule has 0 radical (unpaired) electrons. The predicted molar refractivity (Wildman–Crippen MR) is 132 cm³/mol. The van der Waals surface area contributed by atoms with Crippen molar-refractivity contribution in [3.8, 4) is 6.07 Å². The van der Waals surface area contributed by atoms with Crippen LogP contribution in [0.4, 0.5) is 17.3 Å². The number of carboxylic acid groups (broad SMARTS) is 1. The zero-order chi connectivity index (χ0) is 24.7. The molecule has 0 aliphatic heterocycles. The zero-order valence-corrected chi connectivity index (χ0v) is 20.5. The lowest BCUT2D eigenvalue weighted by atomic mass is 9.91. The summed E-state index contributed by atoms with van der Waals surface area (Å²) in [6.45, 7) is 7.15. The molecule has 0 spiro atoms. The van der Waals surface area contributed by atoms with Crippen molar-refractivity contribution in [1.29, 1.82) is 5.26 Å². The molecule has 0 bridgehead atoms. The fourth-order valence-corrected chi connectivity index (χ4v) is 4.51. The van der Waals surface area contributed by atoms with Crippen LogP contribution in [0.1, 0.15) is 69.9 Å². The van der Waals surface area contributed by atoms with Crippen LogP contribution >= 0.6 is 0 Å². The Hall–Kier alpha value is -3.18. The number of aliphatic carboxylic acids is 1. The van der Waals surface area contributed by atoms with Crippen molar-refractivity contribution in [2.75, 3.05) is 23.9 Å². The summed E-state index contributed by atoms with van der Waals surface area (Å²) in [5.41, 5.74) is 2.14. The molecule has 2 aromatic rings. The van der Waals surface area contributed by atoms with Crippen LogP contribution in [0, 0.1) is 17.2 Å². The molecule has 0 unspecified atom stereocenters. The average Bonchev–Trinajstić information content (AvgIpc) is 2.82.